The monoisotopic (exact) mass is 292 g/mol. The van der Waals surface area contributed by atoms with Crippen molar-refractivity contribution in [1.82, 2.24) is 15.2 Å². The molecule has 0 aromatic carbocycles. The topological polar surface area (TPSA) is 109 Å². The number of rotatable bonds is 4. The van der Waals surface area contributed by atoms with Crippen LogP contribution in [0, 0.1) is 5.92 Å². The zero-order valence-corrected chi connectivity index (χ0v) is 12.0. The fourth-order valence-corrected chi connectivity index (χ4v) is 2.37. The molecule has 2 unspecified atom stereocenters. The highest BCUT2D eigenvalue weighted by molar-refractivity contribution is 5.96. The molecule has 1 aliphatic rings. The lowest BCUT2D eigenvalue weighted by Gasteiger charge is -2.18. The summed E-state index contributed by atoms with van der Waals surface area (Å²) in [5.74, 6) is -0.614. The summed E-state index contributed by atoms with van der Waals surface area (Å²) in [5.41, 5.74) is 5.75. The zero-order valence-electron chi connectivity index (χ0n) is 12.0. The molecular weight excluding hydrogens is 272 g/mol. The summed E-state index contributed by atoms with van der Waals surface area (Å²) in [6.45, 7) is 3.11. The molecule has 0 aliphatic carbocycles. The number of pyridine rings is 1. The highest BCUT2D eigenvalue weighted by Gasteiger charge is 2.28. The van der Waals surface area contributed by atoms with Gasteiger partial charge in [0.05, 0.1) is 6.54 Å². The maximum absolute atomic E-state index is 12.0. The Morgan fingerprint density at radius 2 is 2.38 bits per heavy atom. The van der Waals surface area contributed by atoms with E-state index in [1.165, 1.54) is 18.3 Å². The lowest BCUT2D eigenvalue weighted by Crippen LogP contribution is -2.40. The van der Waals surface area contributed by atoms with Crippen LogP contribution in [0.5, 0.6) is 5.75 Å². The number of nitrogens with one attached hydrogen (secondary N) is 1. The van der Waals surface area contributed by atoms with Gasteiger partial charge >= 0.3 is 0 Å². The van der Waals surface area contributed by atoms with Gasteiger partial charge in [-0.25, -0.2) is 4.98 Å². The molecular formula is C14H20N4O3. The van der Waals surface area contributed by atoms with Crippen molar-refractivity contribution >= 4 is 11.8 Å². The van der Waals surface area contributed by atoms with Crippen LogP contribution >= 0.6 is 0 Å². The van der Waals surface area contributed by atoms with Gasteiger partial charge in [0.15, 0.2) is 5.69 Å². The summed E-state index contributed by atoms with van der Waals surface area (Å²) < 4.78 is 0. The normalized spacial score (nSPS) is 19.3. The number of carbonyl (C=O) groups is 2. The minimum absolute atomic E-state index is 0.0582. The summed E-state index contributed by atoms with van der Waals surface area (Å²) in [7, 11) is 0. The van der Waals surface area contributed by atoms with E-state index in [0.717, 1.165) is 6.42 Å². The van der Waals surface area contributed by atoms with Crippen molar-refractivity contribution in [3.63, 3.8) is 0 Å². The standard InChI is InChI=1S/C14H20N4O3/c1-9(15)10-4-6-18(8-10)12(20)7-17-14(21)13-11(19)3-2-5-16-13/h2-3,5,9-10,19H,4,6-8,15H2,1H3,(H,17,21). The van der Waals surface area contributed by atoms with Gasteiger partial charge in [0.25, 0.3) is 5.91 Å². The van der Waals surface area contributed by atoms with E-state index >= 15 is 0 Å². The first-order chi connectivity index (χ1) is 9.99. The summed E-state index contributed by atoms with van der Waals surface area (Å²) in [6, 6.07) is 2.95. The third-order valence-corrected chi connectivity index (χ3v) is 3.72. The predicted octanol–water partition coefficient (Wildman–Crippen LogP) is -0.287. The van der Waals surface area contributed by atoms with Crippen LogP contribution in [0.4, 0.5) is 0 Å². The molecule has 7 heteroatoms. The smallest absolute Gasteiger partial charge is 0.274 e. The Labute approximate surface area is 123 Å². The molecule has 0 spiro atoms. The number of aromatic hydroxyl groups is 1. The molecule has 21 heavy (non-hydrogen) atoms. The molecule has 0 bridgehead atoms. The third kappa shape index (κ3) is 3.69. The van der Waals surface area contributed by atoms with E-state index in [1.807, 2.05) is 6.92 Å². The van der Waals surface area contributed by atoms with Gasteiger partial charge in [-0.05, 0) is 31.4 Å². The van der Waals surface area contributed by atoms with Crippen LogP contribution in [0.1, 0.15) is 23.8 Å². The Morgan fingerprint density at radius 3 is 3.00 bits per heavy atom. The van der Waals surface area contributed by atoms with Crippen molar-refractivity contribution in [1.29, 1.82) is 0 Å². The number of nitrogens with two attached hydrogens (primary N) is 1. The second-order valence-electron chi connectivity index (χ2n) is 5.30. The van der Waals surface area contributed by atoms with Crippen molar-refractivity contribution in [2.24, 2.45) is 11.7 Å². The van der Waals surface area contributed by atoms with Gasteiger partial charge in [-0.2, -0.15) is 0 Å². The quantitative estimate of drug-likeness (QED) is 0.707. The van der Waals surface area contributed by atoms with Gasteiger partial charge < -0.3 is 21.1 Å². The van der Waals surface area contributed by atoms with E-state index in [4.69, 9.17) is 5.73 Å². The first-order valence-corrected chi connectivity index (χ1v) is 6.94. The fraction of sp³-hybridized carbons (Fsp3) is 0.500. The van der Waals surface area contributed by atoms with E-state index < -0.39 is 5.91 Å². The van der Waals surface area contributed by atoms with Gasteiger partial charge in [0.2, 0.25) is 5.91 Å². The van der Waals surface area contributed by atoms with Crippen molar-refractivity contribution in [3.05, 3.63) is 24.0 Å². The number of aromatic nitrogens is 1. The number of hydrogen-bond donors (Lipinski definition) is 3. The number of carbonyl (C=O) groups excluding carboxylic acids is 2. The largest absolute Gasteiger partial charge is 0.505 e. The van der Waals surface area contributed by atoms with Gasteiger partial charge in [-0.15, -0.1) is 0 Å². The molecule has 2 rings (SSSR count). The molecule has 1 aromatic heterocycles. The molecule has 1 saturated heterocycles. The summed E-state index contributed by atoms with van der Waals surface area (Å²) in [6.07, 6.45) is 2.29. The van der Waals surface area contributed by atoms with Gasteiger partial charge in [-0.1, -0.05) is 0 Å². The maximum Gasteiger partial charge on any atom is 0.274 e. The molecule has 4 N–H and O–H groups in total. The van der Waals surface area contributed by atoms with Crippen LogP contribution in [-0.4, -0.2) is 52.5 Å². The van der Waals surface area contributed by atoms with Crippen LogP contribution < -0.4 is 11.1 Å². The molecule has 114 valence electrons. The number of likely N-dealkylation sites (tertiary alicyclic amines) is 1. The van der Waals surface area contributed by atoms with Crippen LogP contribution in [0.2, 0.25) is 0 Å². The Morgan fingerprint density at radius 1 is 1.62 bits per heavy atom. The Hall–Kier alpha value is -2.15. The van der Waals surface area contributed by atoms with E-state index in [9.17, 15) is 14.7 Å². The second kappa shape index (κ2) is 6.53. The highest BCUT2D eigenvalue weighted by Crippen LogP contribution is 2.18. The van der Waals surface area contributed by atoms with Gasteiger partial charge in [0, 0.05) is 25.3 Å². The summed E-state index contributed by atoms with van der Waals surface area (Å²) in [4.78, 5) is 29.3. The van der Waals surface area contributed by atoms with E-state index in [-0.39, 0.29) is 29.9 Å². The molecule has 2 heterocycles. The Bertz CT molecular complexity index is 533. The number of hydrogen-bond acceptors (Lipinski definition) is 5. The minimum atomic E-state index is -0.565. The lowest BCUT2D eigenvalue weighted by molar-refractivity contribution is -0.129. The predicted molar refractivity (Wildman–Crippen MR) is 76.6 cm³/mol. The maximum atomic E-state index is 12.0. The molecule has 0 saturated carbocycles. The van der Waals surface area contributed by atoms with Crippen molar-refractivity contribution in [2.75, 3.05) is 19.6 Å². The van der Waals surface area contributed by atoms with Crippen LogP contribution in [0.25, 0.3) is 0 Å². The van der Waals surface area contributed by atoms with E-state index in [0.29, 0.717) is 19.0 Å². The average molecular weight is 292 g/mol. The van der Waals surface area contributed by atoms with Crippen LogP contribution in [0.3, 0.4) is 0 Å². The number of amides is 2. The van der Waals surface area contributed by atoms with E-state index in [1.54, 1.807) is 4.90 Å². The molecule has 0 radical (unpaired) electrons. The SMILES string of the molecule is CC(N)C1CCN(C(=O)CNC(=O)c2ncccc2O)C1. The van der Waals surface area contributed by atoms with Gasteiger partial charge in [-0.3, -0.25) is 9.59 Å². The van der Waals surface area contributed by atoms with Crippen molar-refractivity contribution < 1.29 is 14.7 Å². The van der Waals surface area contributed by atoms with Crippen molar-refractivity contribution in [3.8, 4) is 5.75 Å². The Balaban J connectivity index is 1.85. The van der Waals surface area contributed by atoms with Crippen LogP contribution in [-0.2, 0) is 4.79 Å². The summed E-state index contributed by atoms with van der Waals surface area (Å²) >= 11 is 0. The van der Waals surface area contributed by atoms with Crippen LogP contribution in [0.15, 0.2) is 18.3 Å². The minimum Gasteiger partial charge on any atom is -0.505 e. The zero-order chi connectivity index (χ0) is 15.4. The first-order valence-electron chi connectivity index (χ1n) is 6.94. The third-order valence-electron chi connectivity index (χ3n) is 3.72. The first kappa shape index (κ1) is 15.2. The summed E-state index contributed by atoms with van der Waals surface area (Å²) in [5, 5.41) is 12.0. The van der Waals surface area contributed by atoms with Crippen molar-refractivity contribution in [2.45, 2.75) is 19.4 Å². The average Bonchev–Trinajstić information content (AvgIpc) is 2.95. The van der Waals surface area contributed by atoms with E-state index in [2.05, 4.69) is 10.3 Å². The molecule has 2 amide bonds. The molecule has 7 nitrogen and oxygen atoms in total. The Kier molecular flexibility index (Phi) is 4.74. The second-order valence-corrected chi connectivity index (χ2v) is 5.30. The number of nitrogens with zero attached hydrogens (tertiary/aromatic N) is 2. The molecule has 2 atom stereocenters. The molecule has 1 aromatic rings. The molecule has 1 aliphatic heterocycles. The van der Waals surface area contributed by atoms with Gasteiger partial charge in [0.1, 0.15) is 5.75 Å². The highest BCUT2D eigenvalue weighted by atomic mass is 16.3. The fourth-order valence-electron chi connectivity index (χ4n) is 2.37. The molecule has 1 fully saturated rings. The lowest BCUT2D eigenvalue weighted by atomic mass is 10.0.